The van der Waals surface area contributed by atoms with Crippen molar-refractivity contribution in [1.29, 1.82) is 0 Å². The second-order valence-corrected chi connectivity index (χ2v) is 10.5. The van der Waals surface area contributed by atoms with Crippen molar-refractivity contribution in [1.82, 2.24) is 14.1 Å². The molecule has 2 aromatic carbocycles. The molecule has 0 radical (unpaired) electrons. The van der Waals surface area contributed by atoms with Crippen molar-refractivity contribution in [3.05, 3.63) is 59.6 Å². The Morgan fingerprint density at radius 3 is 2.06 bits per heavy atom. The third-order valence-electron chi connectivity index (χ3n) is 6.35. The van der Waals surface area contributed by atoms with E-state index in [9.17, 15) is 13.2 Å². The number of carbonyl (C=O) groups excluding carboxylic acids is 1. The van der Waals surface area contributed by atoms with E-state index in [4.69, 9.17) is 11.6 Å². The lowest BCUT2D eigenvalue weighted by Gasteiger charge is -2.41. The van der Waals surface area contributed by atoms with Crippen LogP contribution < -0.4 is 4.90 Å². The zero-order valence-electron chi connectivity index (χ0n) is 18.2. The Morgan fingerprint density at radius 2 is 1.44 bits per heavy atom. The summed E-state index contributed by atoms with van der Waals surface area (Å²) in [5.74, 6) is 0.111. The molecule has 7 nitrogen and oxygen atoms in total. The Kier molecular flexibility index (Phi) is 7.05. The fraction of sp³-hybridized carbons (Fsp3) is 0.435. The summed E-state index contributed by atoms with van der Waals surface area (Å²) in [6.07, 6.45) is 0. The molecular formula is C23H29ClN4O3S. The minimum atomic E-state index is -3.64. The van der Waals surface area contributed by atoms with E-state index in [1.165, 1.54) is 16.1 Å². The van der Waals surface area contributed by atoms with Gasteiger partial charge in [0.2, 0.25) is 15.9 Å². The molecule has 2 aromatic rings. The highest BCUT2D eigenvalue weighted by molar-refractivity contribution is 7.89. The molecule has 1 amide bonds. The summed E-state index contributed by atoms with van der Waals surface area (Å²) in [4.78, 5) is 19.5. The number of hydrogen-bond acceptors (Lipinski definition) is 5. The summed E-state index contributed by atoms with van der Waals surface area (Å²) in [6, 6.07) is 16.5. The number of amides is 1. The molecule has 2 aliphatic rings. The Labute approximate surface area is 195 Å². The molecule has 32 heavy (non-hydrogen) atoms. The number of benzene rings is 2. The molecule has 2 aliphatic heterocycles. The summed E-state index contributed by atoms with van der Waals surface area (Å²) in [5.41, 5.74) is 1.18. The maximum atomic E-state index is 13.1. The van der Waals surface area contributed by atoms with Crippen molar-refractivity contribution in [2.75, 3.05) is 57.3 Å². The van der Waals surface area contributed by atoms with Crippen molar-refractivity contribution in [3.8, 4) is 0 Å². The van der Waals surface area contributed by atoms with Crippen LogP contribution in [0.2, 0.25) is 5.02 Å². The van der Waals surface area contributed by atoms with Gasteiger partial charge < -0.3 is 9.80 Å². The molecule has 2 saturated heterocycles. The van der Waals surface area contributed by atoms with E-state index in [1.54, 1.807) is 18.2 Å². The van der Waals surface area contributed by atoms with Crippen LogP contribution in [0.1, 0.15) is 6.92 Å². The Hall–Kier alpha value is -2.13. The highest BCUT2D eigenvalue weighted by Gasteiger charge is 2.34. The van der Waals surface area contributed by atoms with Gasteiger partial charge in [-0.25, -0.2) is 8.42 Å². The van der Waals surface area contributed by atoms with Crippen LogP contribution in [0.5, 0.6) is 0 Å². The first-order chi connectivity index (χ1) is 15.4. The van der Waals surface area contributed by atoms with Crippen molar-refractivity contribution < 1.29 is 13.2 Å². The summed E-state index contributed by atoms with van der Waals surface area (Å²) in [7, 11) is -3.64. The molecule has 1 atom stereocenters. The molecule has 0 bridgehead atoms. The van der Waals surface area contributed by atoms with Gasteiger partial charge in [-0.3, -0.25) is 9.69 Å². The summed E-state index contributed by atoms with van der Waals surface area (Å²) in [6.45, 7) is 6.64. The number of carbonyl (C=O) groups is 1. The number of nitrogens with zero attached hydrogens (tertiary/aromatic N) is 4. The van der Waals surface area contributed by atoms with Crippen LogP contribution in [0.3, 0.4) is 0 Å². The molecule has 0 saturated carbocycles. The standard InChI is InChI=1S/C23H29ClN4O3S/c1-19(23(29)27-13-11-26(12-14-27)20-7-3-2-4-8-20)25-15-17-28(18-16-25)32(30,31)22-10-6-5-9-21(22)24/h2-10,19H,11-18H2,1H3. The van der Waals surface area contributed by atoms with E-state index < -0.39 is 10.0 Å². The predicted molar refractivity (Wildman–Crippen MR) is 126 cm³/mol. The molecule has 2 fully saturated rings. The predicted octanol–water partition coefficient (Wildman–Crippen LogP) is 2.38. The van der Waals surface area contributed by atoms with Gasteiger partial charge in [0.1, 0.15) is 4.90 Å². The number of anilines is 1. The molecular weight excluding hydrogens is 448 g/mol. The van der Waals surface area contributed by atoms with Crippen molar-refractivity contribution in [2.24, 2.45) is 0 Å². The second kappa shape index (κ2) is 9.79. The summed E-state index contributed by atoms with van der Waals surface area (Å²) < 4.78 is 27.4. The third kappa shape index (κ3) is 4.78. The molecule has 0 aliphatic carbocycles. The molecule has 1 unspecified atom stereocenters. The van der Waals surface area contributed by atoms with Gasteiger partial charge in [-0.1, -0.05) is 41.9 Å². The second-order valence-electron chi connectivity index (χ2n) is 8.19. The van der Waals surface area contributed by atoms with Crippen molar-refractivity contribution in [3.63, 3.8) is 0 Å². The first-order valence-corrected chi connectivity index (χ1v) is 12.8. The van der Waals surface area contributed by atoms with Crippen LogP contribution in [0.15, 0.2) is 59.5 Å². The first-order valence-electron chi connectivity index (χ1n) is 11.0. The van der Waals surface area contributed by atoms with Crippen molar-refractivity contribution in [2.45, 2.75) is 17.9 Å². The van der Waals surface area contributed by atoms with Gasteiger partial charge >= 0.3 is 0 Å². The van der Waals surface area contributed by atoms with Crippen LogP contribution in [0.25, 0.3) is 0 Å². The summed E-state index contributed by atoms with van der Waals surface area (Å²) in [5, 5.41) is 0.230. The first kappa shape index (κ1) is 23.0. The quantitative estimate of drug-likeness (QED) is 0.663. The minimum absolute atomic E-state index is 0.111. The SMILES string of the molecule is CC(C(=O)N1CCN(c2ccccc2)CC1)N1CCN(S(=O)(=O)c2ccccc2Cl)CC1. The fourth-order valence-electron chi connectivity index (χ4n) is 4.37. The number of para-hydroxylation sites is 1. The van der Waals surface area contributed by atoms with Gasteiger partial charge in [-0.05, 0) is 31.2 Å². The number of sulfonamides is 1. The van der Waals surface area contributed by atoms with Crippen LogP contribution in [0, 0.1) is 0 Å². The smallest absolute Gasteiger partial charge is 0.244 e. The average Bonchev–Trinajstić information content (AvgIpc) is 2.84. The molecule has 0 aromatic heterocycles. The highest BCUT2D eigenvalue weighted by atomic mass is 35.5. The number of halogens is 1. The lowest BCUT2D eigenvalue weighted by Crippen LogP contribution is -2.58. The maximum Gasteiger partial charge on any atom is 0.244 e. The molecule has 4 rings (SSSR count). The van der Waals surface area contributed by atoms with E-state index in [-0.39, 0.29) is 21.9 Å². The van der Waals surface area contributed by atoms with Gasteiger partial charge in [0.25, 0.3) is 0 Å². The Morgan fingerprint density at radius 1 is 0.844 bits per heavy atom. The highest BCUT2D eigenvalue weighted by Crippen LogP contribution is 2.25. The lowest BCUT2D eigenvalue weighted by atomic mass is 10.2. The molecule has 172 valence electrons. The zero-order valence-corrected chi connectivity index (χ0v) is 19.8. The van der Waals surface area contributed by atoms with Gasteiger partial charge in [-0.2, -0.15) is 4.31 Å². The average molecular weight is 477 g/mol. The Bertz CT molecular complexity index is 1030. The minimum Gasteiger partial charge on any atom is -0.368 e. The molecule has 2 heterocycles. The fourth-order valence-corrected chi connectivity index (χ4v) is 6.28. The summed E-state index contributed by atoms with van der Waals surface area (Å²) >= 11 is 6.11. The lowest BCUT2D eigenvalue weighted by molar-refractivity contribution is -0.137. The number of piperazine rings is 2. The monoisotopic (exact) mass is 476 g/mol. The molecule has 0 spiro atoms. The molecule has 0 N–H and O–H groups in total. The van der Waals surface area contributed by atoms with Crippen LogP contribution >= 0.6 is 11.6 Å². The van der Waals surface area contributed by atoms with Crippen LogP contribution in [-0.2, 0) is 14.8 Å². The van der Waals surface area contributed by atoms with Gasteiger partial charge in [-0.15, -0.1) is 0 Å². The van der Waals surface area contributed by atoms with Gasteiger partial charge in [0, 0.05) is 58.0 Å². The number of rotatable bonds is 5. The largest absolute Gasteiger partial charge is 0.368 e. The Balaban J connectivity index is 1.31. The van der Waals surface area contributed by atoms with E-state index in [2.05, 4.69) is 21.9 Å². The van der Waals surface area contributed by atoms with Crippen LogP contribution in [-0.4, -0.2) is 86.8 Å². The van der Waals surface area contributed by atoms with E-state index in [1.807, 2.05) is 30.0 Å². The topological polar surface area (TPSA) is 64.2 Å². The van der Waals surface area contributed by atoms with Crippen molar-refractivity contribution >= 4 is 33.2 Å². The van der Waals surface area contributed by atoms with Crippen LogP contribution in [0.4, 0.5) is 5.69 Å². The normalized spacial score (nSPS) is 19.7. The van der Waals surface area contributed by atoms with E-state index >= 15 is 0 Å². The zero-order chi connectivity index (χ0) is 22.7. The number of hydrogen-bond donors (Lipinski definition) is 0. The van der Waals surface area contributed by atoms with E-state index in [0.29, 0.717) is 39.3 Å². The van der Waals surface area contributed by atoms with Gasteiger partial charge in [0.15, 0.2) is 0 Å². The molecule has 9 heteroatoms. The van der Waals surface area contributed by atoms with E-state index in [0.717, 1.165) is 13.1 Å². The van der Waals surface area contributed by atoms with Gasteiger partial charge in [0.05, 0.1) is 11.1 Å². The third-order valence-corrected chi connectivity index (χ3v) is 8.74. The maximum absolute atomic E-state index is 13.1.